The maximum Gasteiger partial charge on any atom is 0.302 e. The number of aromatic nitrogens is 3. The number of hydrogen-bond acceptors (Lipinski definition) is 6. The Bertz CT molecular complexity index is 1510. The molecule has 5 rings (SSSR count). The third-order valence-corrected chi connectivity index (χ3v) is 6.23. The molecule has 1 saturated heterocycles. The number of aliphatic hydroxyl groups is 1. The Balaban J connectivity index is 1.66. The van der Waals surface area contributed by atoms with Gasteiger partial charge >= 0.3 is 5.91 Å². The van der Waals surface area contributed by atoms with Crippen LogP contribution in [0.2, 0.25) is 0 Å². The number of anilines is 1. The summed E-state index contributed by atoms with van der Waals surface area (Å²) in [5, 5.41) is 11.4. The Kier molecular flexibility index (Phi) is 6.01. The fraction of sp³-hybridized carbons (Fsp3) is 0.214. The molecule has 8 heteroatoms. The van der Waals surface area contributed by atoms with E-state index in [9.17, 15) is 14.7 Å². The monoisotopic (exact) mass is 482 g/mol. The number of rotatable bonds is 6. The summed E-state index contributed by atoms with van der Waals surface area (Å²) in [5.41, 5.74) is 4.31. The maximum atomic E-state index is 13.4. The van der Waals surface area contributed by atoms with Gasteiger partial charge in [0.05, 0.1) is 29.3 Å². The number of aliphatic hydroxyl groups excluding tert-OH is 1. The van der Waals surface area contributed by atoms with Crippen molar-refractivity contribution in [2.24, 2.45) is 0 Å². The Hall–Kier alpha value is -4.46. The predicted octanol–water partition coefficient (Wildman–Crippen LogP) is 4.99. The fourth-order valence-electron chi connectivity index (χ4n) is 4.46. The van der Waals surface area contributed by atoms with Crippen molar-refractivity contribution in [2.45, 2.75) is 33.2 Å². The molecule has 182 valence electrons. The zero-order valence-corrected chi connectivity index (χ0v) is 20.3. The summed E-state index contributed by atoms with van der Waals surface area (Å²) in [5.74, 6) is -0.867. The first-order valence-corrected chi connectivity index (χ1v) is 11.8. The summed E-state index contributed by atoms with van der Waals surface area (Å²) in [6.45, 7) is 6.44. The topological polar surface area (TPSA) is 108 Å². The molecule has 0 saturated carbocycles. The van der Waals surface area contributed by atoms with Gasteiger partial charge in [0.15, 0.2) is 0 Å². The van der Waals surface area contributed by atoms with E-state index in [1.54, 1.807) is 42.7 Å². The number of Topliss-reactive ketones (excluding diaryl/α,β-unsaturated/α-hetero) is 1. The Morgan fingerprint density at radius 3 is 2.58 bits per heavy atom. The van der Waals surface area contributed by atoms with Gasteiger partial charge in [0.1, 0.15) is 11.5 Å². The van der Waals surface area contributed by atoms with Crippen LogP contribution in [0.15, 0.2) is 66.5 Å². The SMILES string of the molecule is CCCOc1ccc(/C(O)=C2\C(=O)C(=O)N(c3nc4ccc(C)cc4[nH]3)C2c2ccncc2)cc1C. The van der Waals surface area contributed by atoms with E-state index in [4.69, 9.17) is 4.74 Å². The van der Waals surface area contributed by atoms with Gasteiger partial charge in [-0.25, -0.2) is 4.98 Å². The zero-order valence-electron chi connectivity index (χ0n) is 20.3. The molecule has 1 aliphatic rings. The first-order chi connectivity index (χ1) is 17.4. The van der Waals surface area contributed by atoms with E-state index in [-0.39, 0.29) is 17.3 Å². The predicted molar refractivity (Wildman–Crippen MR) is 137 cm³/mol. The summed E-state index contributed by atoms with van der Waals surface area (Å²) < 4.78 is 5.74. The van der Waals surface area contributed by atoms with Crippen LogP contribution in [0.25, 0.3) is 16.8 Å². The number of carbonyl (C=O) groups excluding carboxylic acids is 2. The standard InChI is InChI=1S/C28H26N4O4/c1-4-13-36-22-8-6-19(15-17(22)3)25(33)23-24(18-9-11-29-12-10-18)32(27(35)26(23)34)28-30-20-7-5-16(2)14-21(20)31-28/h5-12,14-15,24,33H,4,13H2,1-3H3,(H,30,31)/b25-23+. The van der Waals surface area contributed by atoms with E-state index in [0.29, 0.717) is 29.0 Å². The van der Waals surface area contributed by atoms with E-state index in [1.807, 2.05) is 39.0 Å². The molecule has 1 atom stereocenters. The van der Waals surface area contributed by atoms with Crippen molar-refractivity contribution in [3.8, 4) is 5.75 Å². The molecule has 1 fully saturated rings. The highest BCUT2D eigenvalue weighted by molar-refractivity contribution is 6.51. The molecule has 0 radical (unpaired) electrons. The maximum absolute atomic E-state index is 13.4. The van der Waals surface area contributed by atoms with Gasteiger partial charge < -0.3 is 14.8 Å². The Labute approximate surface area is 208 Å². The highest BCUT2D eigenvalue weighted by Gasteiger charge is 2.48. The fourth-order valence-corrected chi connectivity index (χ4v) is 4.46. The molecule has 2 N–H and O–H groups in total. The smallest absolute Gasteiger partial charge is 0.302 e. The van der Waals surface area contributed by atoms with Gasteiger partial charge in [-0.3, -0.25) is 19.5 Å². The van der Waals surface area contributed by atoms with Crippen LogP contribution in [0.5, 0.6) is 5.75 Å². The average molecular weight is 483 g/mol. The minimum absolute atomic E-state index is 0.00976. The summed E-state index contributed by atoms with van der Waals surface area (Å²) in [4.78, 5) is 39.8. The summed E-state index contributed by atoms with van der Waals surface area (Å²) in [6.07, 6.45) is 4.04. The zero-order chi connectivity index (χ0) is 25.4. The molecule has 4 aromatic rings. The Morgan fingerprint density at radius 2 is 1.86 bits per heavy atom. The van der Waals surface area contributed by atoms with Gasteiger partial charge in [0.25, 0.3) is 5.78 Å². The molecule has 1 unspecified atom stereocenters. The van der Waals surface area contributed by atoms with Gasteiger partial charge in [-0.2, -0.15) is 0 Å². The molecule has 3 heterocycles. The highest BCUT2D eigenvalue weighted by atomic mass is 16.5. The number of pyridine rings is 1. The van der Waals surface area contributed by atoms with Crippen LogP contribution >= 0.6 is 0 Å². The van der Waals surface area contributed by atoms with E-state index in [0.717, 1.165) is 23.1 Å². The second-order valence-corrected chi connectivity index (χ2v) is 8.86. The molecule has 2 aromatic carbocycles. The number of aryl methyl sites for hydroxylation is 2. The minimum Gasteiger partial charge on any atom is -0.507 e. The lowest BCUT2D eigenvalue weighted by Gasteiger charge is -2.23. The van der Waals surface area contributed by atoms with Crippen LogP contribution < -0.4 is 9.64 Å². The number of nitrogens with zero attached hydrogens (tertiary/aromatic N) is 3. The summed E-state index contributed by atoms with van der Waals surface area (Å²) in [7, 11) is 0. The van der Waals surface area contributed by atoms with Crippen molar-refractivity contribution >= 4 is 34.4 Å². The largest absolute Gasteiger partial charge is 0.507 e. The molecule has 0 spiro atoms. The number of ketones is 1. The van der Waals surface area contributed by atoms with Crippen molar-refractivity contribution in [3.05, 3.63) is 88.8 Å². The van der Waals surface area contributed by atoms with Crippen molar-refractivity contribution in [3.63, 3.8) is 0 Å². The number of amides is 1. The molecule has 1 aliphatic heterocycles. The van der Waals surface area contributed by atoms with Crippen molar-refractivity contribution in [1.82, 2.24) is 15.0 Å². The summed E-state index contributed by atoms with van der Waals surface area (Å²) >= 11 is 0. The Morgan fingerprint density at radius 1 is 1.08 bits per heavy atom. The van der Waals surface area contributed by atoms with Gasteiger partial charge in [0, 0.05) is 18.0 Å². The molecule has 1 amide bonds. The lowest BCUT2D eigenvalue weighted by Crippen LogP contribution is -2.30. The third-order valence-electron chi connectivity index (χ3n) is 6.23. The van der Waals surface area contributed by atoms with Crippen molar-refractivity contribution in [1.29, 1.82) is 0 Å². The number of aromatic amines is 1. The molecular formula is C28H26N4O4. The first kappa shape index (κ1) is 23.3. The van der Waals surface area contributed by atoms with E-state index in [2.05, 4.69) is 15.0 Å². The first-order valence-electron chi connectivity index (χ1n) is 11.8. The normalized spacial score (nSPS) is 17.2. The van der Waals surface area contributed by atoms with E-state index >= 15 is 0 Å². The number of carbonyl (C=O) groups is 2. The second-order valence-electron chi connectivity index (χ2n) is 8.86. The molecule has 8 nitrogen and oxygen atoms in total. The number of fused-ring (bicyclic) bond motifs is 1. The number of imidazole rings is 1. The van der Waals surface area contributed by atoms with Gasteiger partial charge in [-0.05, 0) is 79.4 Å². The van der Waals surface area contributed by atoms with Crippen LogP contribution in [-0.4, -0.2) is 38.4 Å². The van der Waals surface area contributed by atoms with Gasteiger partial charge in [-0.15, -0.1) is 0 Å². The second kappa shape index (κ2) is 9.30. The molecule has 36 heavy (non-hydrogen) atoms. The number of nitrogens with one attached hydrogen (secondary N) is 1. The van der Waals surface area contributed by atoms with Crippen LogP contribution in [-0.2, 0) is 9.59 Å². The lowest BCUT2D eigenvalue weighted by atomic mass is 9.95. The van der Waals surface area contributed by atoms with Crippen molar-refractivity contribution < 1.29 is 19.4 Å². The van der Waals surface area contributed by atoms with E-state index in [1.165, 1.54) is 4.90 Å². The molecule has 2 aromatic heterocycles. The number of ether oxygens (including phenoxy) is 1. The molecular weight excluding hydrogens is 456 g/mol. The van der Waals surface area contributed by atoms with Crippen LogP contribution in [0, 0.1) is 13.8 Å². The molecule has 0 bridgehead atoms. The highest BCUT2D eigenvalue weighted by Crippen LogP contribution is 2.42. The number of H-pyrrole nitrogens is 1. The average Bonchev–Trinajstić information content (AvgIpc) is 3.41. The quantitative estimate of drug-likeness (QED) is 0.228. The molecule has 0 aliphatic carbocycles. The van der Waals surface area contributed by atoms with Gasteiger partial charge in [0.2, 0.25) is 5.95 Å². The van der Waals surface area contributed by atoms with Crippen molar-refractivity contribution in [2.75, 3.05) is 11.5 Å². The lowest BCUT2D eigenvalue weighted by molar-refractivity contribution is -0.132. The third kappa shape index (κ3) is 4.00. The number of benzene rings is 2. The van der Waals surface area contributed by atoms with E-state index < -0.39 is 17.7 Å². The number of hydrogen-bond donors (Lipinski definition) is 2. The minimum atomic E-state index is -0.883. The van der Waals surface area contributed by atoms with Crippen LogP contribution in [0.3, 0.4) is 0 Å². The van der Waals surface area contributed by atoms with Gasteiger partial charge in [-0.1, -0.05) is 13.0 Å². The summed E-state index contributed by atoms with van der Waals surface area (Å²) in [6, 6.07) is 13.5. The van der Waals surface area contributed by atoms with Crippen LogP contribution in [0.1, 0.15) is 41.6 Å². The van der Waals surface area contributed by atoms with Crippen LogP contribution in [0.4, 0.5) is 5.95 Å².